The van der Waals surface area contributed by atoms with E-state index in [1.54, 1.807) is 6.07 Å². The van der Waals surface area contributed by atoms with Crippen LogP contribution in [0.3, 0.4) is 0 Å². The SMILES string of the molecule is O=C(COC(=O)C1(c2cccc(F)c2)CCCC1)Nc1ccccc1C(F)(F)F. The van der Waals surface area contributed by atoms with Crippen molar-refractivity contribution in [1.82, 2.24) is 0 Å². The quantitative estimate of drug-likeness (QED) is 0.568. The van der Waals surface area contributed by atoms with Crippen LogP contribution < -0.4 is 5.32 Å². The van der Waals surface area contributed by atoms with Crippen molar-refractivity contribution in [2.75, 3.05) is 11.9 Å². The number of nitrogens with one attached hydrogen (secondary N) is 1. The Balaban J connectivity index is 1.69. The summed E-state index contributed by atoms with van der Waals surface area (Å²) in [6.07, 6.45) is -2.24. The third-order valence-corrected chi connectivity index (χ3v) is 5.07. The molecule has 154 valence electrons. The van der Waals surface area contributed by atoms with Gasteiger partial charge in [-0.25, -0.2) is 4.39 Å². The summed E-state index contributed by atoms with van der Waals surface area (Å²) in [7, 11) is 0. The zero-order valence-electron chi connectivity index (χ0n) is 15.4. The fraction of sp³-hybridized carbons (Fsp3) is 0.333. The molecule has 1 amide bonds. The Morgan fingerprint density at radius 1 is 1.03 bits per heavy atom. The van der Waals surface area contributed by atoms with Gasteiger partial charge in [0.25, 0.3) is 5.91 Å². The van der Waals surface area contributed by atoms with Gasteiger partial charge in [0, 0.05) is 0 Å². The summed E-state index contributed by atoms with van der Waals surface area (Å²) in [5, 5.41) is 2.13. The number of amides is 1. The van der Waals surface area contributed by atoms with Gasteiger partial charge in [-0.05, 0) is 42.7 Å². The van der Waals surface area contributed by atoms with Crippen LogP contribution in [0.15, 0.2) is 48.5 Å². The number of para-hydroxylation sites is 1. The minimum Gasteiger partial charge on any atom is -0.455 e. The van der Waals surface area contributed by atoms with Crippen LogP contribution in [0.25, 0.3) is 0 Å². The normalized spacial score (nSPS) is 15.7. The van der Waals surface area contributed by atoms with Crippen molar-refractivity contribution < 1.29 is 31.9 Å². The van der Waals surface area contributed by atoms with Gasteiger partial charge in [-0.15, -0.1) is 0 Å². The van der Waals surface area contributed by atoms with Crippen LogP contribution >= 0.6 is 0 Å². The van der Waals surface area contributed by atoms with Crippen molar-refractivity contribution in [3.63, 3.8) is 0 Å². The summed E-state index contributed by atoms with van der Waals surface area (Å²) >= 11 is 0. The molecular formula is C21H19F4NO3. The highest BCUT2D eigenvalue weighted by molar-refractivity contribution is 5.94. The molecule has 29 heavy (non-hydrogen) atoms. The van der Waals surface area contributed by atoms with E-state index < -0.39 is 47.1 Å². The van der Waals surface area contributed by atoms with Crippen molar-refractivity contribution in [2.45, 2.75) is 37.3 Å². The third kappa shape index (κ3) is 4.58. The fourth-order valence-corrected chi connectivity index (χ4v) is 3.67. The van der Waals surface area contributed by atoms with Crippen molar-refractivity contribution >= 4 is 17.6 Å². The molecular weight excluding hydrogens is 390 g/mol. The predicted octanol–water partition coefficient (Wildman–Crippen LogP) is 4.84. The predicted molar refractivity (Wildman–Crippen MR) is 97.6 cm³/mol. The van der Waals surface area contributed by atoms with Crippen LogP contribution in [0.5, 0.6) is 0 Å². The Morgan fingerprint density at radius 2 is 1.72 bits per heavy atom. The van der Waals surface area contributed by atoms with Gasteiger partial charge in [-0.3, -0.25) is 9.59 Å². The van der Waals surface area contributed by atoms with Gasteiger partial charge in [-0.2, -0.15) is 13.2 Å². The number of rotatable bonds is 5. The maximum Gasteiger partial charge on any atom is 0.418 e. The summed E-state index contributed by atoms with van der Waals surface area (Å²) in [5.41, 5.74) is -1.98. The second kappa shape index (κ2) is 8.23. The third-order valence-electron chi connectivity index (χ3n) is 5.07. The van der Waals surface area contributed by atoms with Crippen LogP contribution in [-0.2, 0) is 25.9 Å². The van der Waals surface area contributed by atoms with Crippen LogP contribution in [-0.4, -0.2) is 18.5 Å². The highest BCUT2D eigenvalue weighted by Crippen LogP contribution is 2.42. The number of carbonyl (C=O) groups excluding carboxylic acids is 2. The molecule has 3 rings (SSSR count). The van der Waals surface area contributed by atoms with Gasteiger partial charge in [0.05, 0.1) is 16.7 Å². The Morgan fingerprint density at radius 3 is 2.38 bits per heavy atom. The van der Waals surface area contributed by atoms with Crippen LogP contribution in [0.2, 0.25) is 0 Å². The number of hydrogen-bond donors (Lipinski definition) is 1. The van der Waals surface area contributed by atoms with Gasteiger partial charge >= 0.3 is 12.1 Å². The molecule has 4 nitrogen and oxygen atoms in total. The topological polar surface area (TPSA) is 55.4 Å². The van der Waals surface area contributed by atoms with Crippen molar-refractivity contribution in [2.24, 2.45) is 0 Å². The van der Waals surface area contributed by atoms with Crippen molar-refractivity contribution in [3.8, 4) is 0 Å². The molecule has 0 aromatic heterocycles. The first-order valence-corrected chi connectivity index (χ1v) is 9.12. The highest BCUT2D eigenvalue weighted by Gasteiger charge is 2.44. The highest BCUT2D eigenvalue weighted by atomic mass is 19.4. The maximum absolute atomic E-state index is 13.6. The molecule has 0 radical (unpaired) electrons. The Kier molecular flexibility index (Phi) is 5.91. The van der Waals surface area contributed by atoms with E-state index in [4.69, 9.17) is 4.74 Å². The lowest BCUT2D eigenvalue weighted by molar-refractivity contribution is -0.153. The number of ether oxygens (including phenoxy) is 1. The van der Waals surface area contributed by atoms with Gasteiger partial charge in [0.2, 0.25) is 0 Å². The van der Waals surface area contributed by atoms with Gasteiger partial charge < -0.3 is 10.1 Å². The van der Waals surface area contributed by atoms with Crippen LogP contribution in [0.4, 0.5) is 23.2 Å². The second-order valence-corrected chi connectivity index (χ2v) is 6.97. The summed E-state index contributed by atoms with van der Waals surface area (Å²) in [4.78, 5) is 24.8. The second-order valence-electron chi connectivity index (χ2n) is 6.97. The van der Waals surface area contributed by atoms with Crippen molar-refractivity contribution in [3.05, 3.63) is 65.5 Å². The molecule has 1 aliphatic carbocycles. The molecule has 0 bridgehead atoms. The van der Waals surface area contributed by atoms with E-state index >= 15 is 0 Å². The van der Waals surface area contributed by atoms with E-state index in [0.717, 1.165) is 25.0 Å². The molecule has 1 fully saturated rings. The minimum absolute atomic E-state index is 0.415. The minimum atomic E-state index is -4.63. The molecule has 1 N–H and O–H groups in total. The molecule has 0 atom stereocenters. The van der Waals surface area contributed by atoms with Gasteiger partial charge in [0.15, 0.2) is 6.61 Å². The van der Waals surface area contributed by atoms with E-state index in [-0.39, 0.29) is 0 Å². The lowest BCUT2D eigenvalue weighted by Crippen LogP contribution is -2.36. The molecule has 0 heterocycles. The molecule has 8 heteroatoms. The number of hydrogen-bond acceptors (Lipinski definition) is 3. The number of anilines is 1. The Hall–Kier alpha value is -2.90. The summed E-state index contributed by atoms with van der Waals surface area (Å²) in [6, 6.07) is 10.2. The Bertz CT molecular complexity index is 905. The number of esters is 1. The van der Waals surface area contributed by atoms with Crippen LogP contribution in [0.1, 0.15) is 36.8 Å². The fourth-order valence-electron chi connectivity index (χ4n) is 3.67. The zero-order chi connectivity index (χ0) is 21.1. The van der Waals surface area contributed by atoms with E-state index in [0.29, 0.717) is 18.4 Å². The van der Waals surface area contributed by atoms with E-state index in [2.05, 4.69) is 5.32 Å². The number of halogens is 4. The molecule has 0 unspecified atom stereocenters. The van der Waals surface area contributed by atoms with E-state index in [9.17, 15) is 27.2 Å². The molecule has 1 saturated carbocycles. The zero-order valence-corrected chi connectivity index (χ0v) is 15.4. The van der Waals surface area contributed by atoms with E-state index in [1.807, 2.05) is 0 Å². The van der Waals surface area contributed by atoms with E-state index in [1.165, 1.54) is 30.3 Å². The molecule has 0 saturated heterocycles. The average molecular weight is 409 g/mol. The number of alkyl halides is 3. The first-order chi connectivity index (χ1) is 13.7. The molecule has 1 aliphatic rings. The molecule has 2 aromatic carbocycles. The number of carbonyl (C=O) groups is 2. The number of benzene rings is 2. The molecule has 0 spiro atoms. The van der Waals surface area contributed by atoms with Crippen LogP contribution in [0, 0.1) is 5.82 Å². The monoisotopic (exact) mass is 409 g/mol. The lowest BCUT2D eigenvalue weighted by Gasteiger charge is -2.27. The van der Waals surface area contributed by atoms with Gasteiger partial charge in [0.1, 0.15) is 5.82 Å². The lowest BCUT2D eigenvalue weighted by atomic mass is 9.79. The summed E-state index contributed by atoms with van der Waals surface area (Å²) in [5.74, 6) is -2.05. The smallest absolute Gasteiger partial charge is 0.418 e. The standard InChI is InChI=1S/C21H19F4NO3/c22-15-7-5-6-14(12-15)20(10-3-4-11-20)19(28)29-13-18(27)26-17-9-2-1-8-16(17)21(23,24)25/h1-2,5-9,12H,3-4,10-11,13H2,(H,26,27). The van der Waals surface area contributed by atoms with Gasteiger partial charge in [-0.1, -0.05) is 37.1 Å². The Labute approximate surface area is 164 Å². The first-order valence-electron chi connectivity index (χ1n) is 9.12. The summed E-state index contributed by atoms with van der Waals surface area (Å²) in [6.45, 7) is -0.734. The maximum atomic E-state index is 13.6. The average Bonchev–Trinajstić information content (AvgIpc) is 3.17. The molecule has 2 aromatic rings. The van der Waals surface area contributed by atoms with Crippen molar-refractivity contribution in [1.29, 1.82) is 0 Å². The first kappa shape index (κ1) is 20.8. The largest absolute Gasteiger partial charge is 0.455 e. The summed E-state index contributed by atoms with van der Waals surface area (Å²) < 4.78 is 57.8. The molecule has 0 aliphatic heterocycles.